The van der Waals surface area contributed by atoms with Crippen molar-refractivity contribution < 1.29 is 4.79 Å². The summed E-state index contributed by atoms with van der Waals surface area (Å²) in [4.78, 5) is 28.6. The lowest BCUT2D eigenvalue weighted by Gasteiger charge is -2.29. The number of carbonyl (C=O) groups is 1. The van der Waals surface area contributed by atoms with Crippen molar-refractivity contribution in [3.8, 4) is 0 Å². The molecule has 9 nitrogen and oxygen atoms in total. The van der Waals surface area contributed by atoms with E-state index in [1.807, 2.05) is 19.0 Å². The summed E-state index contributed by atoms with van der Waals surface area (Å²) in [6, 6.07) is 3.44. The number of nitrogens with one attached hydrogen (secondary N) is 2. The first kappa shape index (κ1) is 17.2. The Morgan fingerprint density at radius 1 is 1.26 bits per heavy atom. The van der Waals surface area contributed by atoms with Gasteiger partial charge in [-0.3, -0.25) is 4.79 Å². The van der Waals surface area contributed by atoms with E-state index in [1.54, 1.807) is 12.1 Å². The molecule has 0 amide bonds. The lowest BCUT2D eigenvalue weighted by molar-refractivity contribution is 0.112. The number of hydrogen-bond donors (Lipinski definition) is 2. The molecule has 140 valence electrons. The second-order valence-corrected chi connectivity index (χ2v) is 6.54. The number of aliphatic imine (C=N–C) groups is 1. The molecule has 0 radical (unpaired) electrons. The van der Waals surface area contributed by atoms with Crippen LogP contribution in [0.4, 0.5) is 17.6 Å². The number of fused-ring (bicyclic) bond motifs is 1. The highest BCUT2D eigenvalue weighted by Crippen LogP contribution is 2.35. The molecule has 2 aliphatic heterocycles. The van der Waals surface area contributed by atoms with Crippen molar-refractivity contribution in [3.63, 3.8) is 0 Å². The number of nitrogens with zero attached hydrogens (tertiary/aromatic N) is 6. The van der Waals surface area contributed by atoms with Crippen LogP contribution in [-0.4, -0.2) is 64.9 Å². The number of hydrogen-bond acceptors (Lipinski definition) is 8. The van der Waals surface area contributed by atoms with Crippen molar-refractivity contribution in [2.75, 3.05) is 43.4 Å². The Balaban J connectivity index is 1.66. The molecule has 0 unspecified atom stereocenters. The minimum atomic E-state index is 0.525. The SMILES string of the molecule is C=C1c2c(nc(N3CCNCC3)n2C)N=C(Nc2ccc(C=O)cn2)N1C. The number of aldehydes is 1. The van der Waals surface area contributed by atoms with Crippen LogP contribution in [0.2, 0.25) is 0 Å². The summed E-state index contributed by atoms with van der Waals surface area (Å²) in [5.74, 6) is 2.72. The summed E-state index contributed by atoms with van der Waals surface area (Å²) in [7, 11) is 3.89. The Morgan fingerprint density at radius 3 is 2.70 bits per heavy atom. The van der Waals surface area contributed by atoms with Gasteiger partial charge in [0.2, 0.25) is 11.9 Å². The van der Waals surface area contributed by atoms with E-state index in [4.69, 9.17) is 4.98 Å². The highest BCUT2D eigenvalue weighted by molar-refractivity contribution is 6.02. The van der Waals surface area contributed by atoms with Gasteiger partial charge in [-0.15, -0.1) is 0 Å². The normalized spacial score (nSPS) is 16.8. The number of rotatable bonds is 3. The fourth-order valence-electron chi connectivity index (χ4n) is 3.26. The number of pyridine rings is 1. The van der Waals surface area contributed by atoms with Gasteiger partial charge in [-0.2, -0.15) is 9.98 Å². The zero-order valence-electron chi connectivity index (χ0n) is 15.4. The van der Waals surface area contributed by atoms with E-state index in [0.717, 1.165) is 49.8 Å². The van der Waals surface area contributed by atoms with Crippen LogP contribution in [-0.2, 0) is 7.05 Å². The molecule has 4 heterocycles. The topological polar surface area (TPSA) is 90.7 Å². The smallest absolute Gasteiger partial charge is 0.210 e. The van der Waals surface area contributed by atoms with Gasteiger partial charge < -0.3 is 25.0 Å². The maximum absolute atomic E-state index is 10.8. The molecule has 4 rings (SSSR count). The van der Waals surface area contributed by atoms with Gasteiger partial charge in [-0.25, -0.2) is 4.98 Å². The number of aromatic nitrogens is 3. The maximum Gasteiger partial charge on any atom is 0.210 e. The van der Waals surface area contributed by atoms with E-state index in [0.29, 0.717) is 23.2 Å². The van der Waals surface area contributed by atoms with Gasteiger partial charge >= 0.3 is 0 Å². The molecule has 27 heavy (non-hydrogen) atoms. The predicted octanol–water partition coefficient (Wildman–Crippen LogP) is 1.05. The summed E-state index contributed by atoms with van der Waals surface area (Å²) >= 11 is 0. The van der Waals surface area contributed by atoms with Crippen LogP contribution in [0.3, 0.4) is 0 Å². The van der Waals surface area contributed by atoms with E-state index in [1.165, 1.54) is 6.20 Å². The van der Waals surface area contributed by atoms with Crippen LogP contribution in [0.25, 0.3) is 5.70 Å². The number of piperazine rings is 1. The lowest BCUT2D eigenvalue weighted by atomic mass is 10.2. The maximum atomic E-state index is 10.8. The van der Waals surface area contributed by atoms with Gasteiger partial charge in [-0.05, 0) is 12.1 Å². The minimum absolute atomic E-state index is 0.525. The molecule has 2 aromatic rings. The molecule has 2 aromatic heterocycles. The third-order valence-corrected chi connectivity index (χ3v) is 4.82. The predicted molar refractivity (Wildman–Crippen MR) is 105 cm³/mol. The van der Waals surface area contributed by atoms with Crippen LogP contribution in [0, 0.1) is 0 Å². The summed E-state index contributed by atoms with van der Waals surface area (Å²) < 4.78 is 2.05. The Hall–Kier alpha value is -3.20. The first-order valence-corrected chi connectivity index (χ1v) is 8.81. The second-order valence-electron chi connectivity index (χ2n) is 6.54. The fourth-order valence-corrected chi connectivity index (χ4v) is 3.26. The van der Waals surface area contributed by atoms with Crippen LogP contribution in [0.1, 0.15) is 16.1 Å². The van der Waals surface area contributed by atoms with Gasteiger partial charge in [0.15, 0.2) is 12.1 Å². The van der Waals surface area contributed by atoms with Crippen molar-refractivity contribution >= 4 is 35.5 Å². The van der Waals surface area contributed by atoms with E-state index in [2.05, 4.69) is 36.7 Å². The largest absolute Gasteiger partial charge is 0.340 e. The standard InChI is InChI=1S/C18H22N8O/c1-12-15-16(23-18(25(15)3)26-8-6-19-7-9-26)22-17(24(12)2)21-14-5-4-13(11-27)10-20-14/h4-5,10-11,19H,1,6-9H2,2-3H3,(H,20,21,22). The summed E-state index contributed by atoms with van der Waals surface area (Å²) in [5, 5.41) is 6.53. The number of guanidine groups is 1. The van der Waals surface area contributed by atoms with Crippen molar-refractivity contribution in [2.45, 2.75) is 0 Å². The molecular weight excluding hydrogens is 344 g/mol. The quantitative estimate of drug-likeness (QED) is 0.785. The van der Waals surface area contributed by atoms with Crippen LogP contribution in [0.5, 0.6) is 0 Å². The van der Waals surface area contributed by atoms with Gasteiger partial charge in [0.05, 0.1) is 5.70 Å². The van der Waals surface area contributed by atoms with E-state index in [9.17, 15) is 4.79 Å². The second kappa shape index (κ2) is 6.84. The molecule has 1 fully saturated rings. The molecule has 0 aromatic carbocycles. The molecule has 2 N–H and O–H groups in total. The molecule has 1 saturated heterocycles. The average Bonchev–Trinajstić information content (AvgIpc) is 3.03. The minimum Gasteiger partial charge on any atom is -0.340 e. The van der Waals surface area contributed by atoms with Crippen LogP contribution < -0.4 is 15.5 Å². The van der Waals surface area contributed by atoms with Crippen LogP contribution >= 0.6 is 0 Å². The lowest BCUT2D eigenvalue weighted by Crippen LogP contribution is -2.44. The molecule has 0 bridgehead atoms. The number of carbonyl (C=O) groups excluding carboxylic acids is 1. The molecule has 0 saturated carbocycles. The average molecular weight is 366 g/mol. The molecule has 0 spiro atoms. The summed E-state index contributed by atoms with van der Waals surface area (Å²) in [6.45, 7) is 7.93. The Bertz CT molecular complexity index is 908. The summed E-state index contributed by atoms with van der Waals surface area (Å²) in [5.41, 5.74) is 2.24. The third-order valence-electron chi connectivity index (χ3n) is 4.82. The first-order chi connectivity index (χ1) is 13.1. The van der Waals surface area contributed by atoms with Crippen molar-refractivity contribution in [3.05, 3.63) is 36.2 Å². The van der Waals surface area contributed by atoms with Gasteiger partial charge in [0.1, 0.15) is 11.5 Å². The van der Waals surface area contributed by atoms with Gasteiger partial charge in [0, 0.05) is 52.0 Å². The molecule has 2 aliphatic rings. The van der Waals surface area contributed by atoms with Gasteiger partial charge in [-0.1, -0.05) is 6.58 Å². The molecule has 0 atom stereocenters. The third kappa shape index (κ3) is 3.06. The zero-order valence-corrected chi connectivity index (χ0v) is 15.4. The van der Waals surface area contributed by atoms with Gasteiger partial charge in [0.25, 0.3) is 0 Å². The van der Waals surface area contributed by atoms with Crippen molar-refractivity contribution in [1.29, 1.82) is 0 Å². The zero-order chi connectivity index (χ0) is 19.0. The van der Waals surface area contributed by atoms with Crippen molar-refractivity contribution in [1.82, 2.24) is 24.8 Å². The molecule has 9 heteroatoms. The monoisotopic (exact) mass is 366 g/mol. The van der Waals surface area contributed by atoms with E-state index >= 15 is 0 Å². The highest BCUT2D eigenvalue weighted by atomic mass is 16.1. The van der Waals surface area contributed by atoms with E-state index < -0.39 is 0 Å². The Morgan fingerprint density at radius 2 is 2.04 bits per heavy atom. The Labute approximate surface area is 157 Å². The number of imidazole rings is 1. The fraction of sp³-hybridized carbons (Fsp3) is 0.333. The summed E-state index contributed by atoms with van der Waals surface area (Å²) in [6.07, 6.45) is 2.28. The highest BCUT2D eigenvalue weighted by Gasteiger charge is 2.29. The van der Waals surface area contributed by atoms with E-state index in [-0.39, 0.29) is 0 Å². The molecular formula is C18H22N8O. The number of anilines is 2. The molecule has 0 aliphatic carbocycles. The van der Waals surface area contributed by atoms with Crippen molar-refractivity contribution in [2.24, 2.45) is 12.0 Å². The first-order valence-electron chi connectivity index (χ1n) is 8.81. The van der Waals surface area contributed by atoms with Crippen LogP contribution in [0.15, 0.2) is 29.9 Å². The Kier molecular flexibility index (Phi) is 4.36.